The van der Waals surface area contributed by atoms with Gasteiger partial charge in [-0.15, -0.1) is 11.3 Å². The summed E-state index contributed by atoms with van der Waals surface area (Å²) in [6.07, 6.45) is 1.73. The fourth-order valence-electron chi connectivity index (χ4n) is 4.62. The second-order valence-electron chi connectivity index (χ2n) is 9.20. The van der Waals surface area contributed by atoms with Crippen molar-refractivity contribution in [3.8, 4) is 16.2 Å². The molecule has 1 saturated heterocycles. The summed E-state index contributed by atoms with van der Waals surface area (Å²) in [6.45, 7) is 3.22. The van der Waals surface area contributed by atoms with Crippen LogP contribution in [0.25, 0.3) is 10.4 Å². The quantitative estimate of drug-likeness (QED) is 0.248. The molecule has 0 radical (unpaired) electrons. The number of carboxylic acid groups (broad SMARTS) is 2. The number of ether oxygens (including phenoxy) is 1. The van der Waals surface area contributed by atoms with Crippen LogP contribution in [0.3, 0.4) is 0 Å². The number of hydrogen-bond acceptors (Lipinski definition) is 7. The van der Waals surface area contributed by atoms with Crippen LogP contribution in [0, 0.1) is 12.8 Å². The van der Waals surface area contributed by atoms with Crippen LogP contribution < -0.4 is 20.7 Å². The van der Waals surface area contributed by atoms with Crippen molar-refractivity contribution in [3.63, 3.8) is 0 Å². The van der Waals surface area contributed by atoms with Gasteiger partial charge in [-0.25, -0.2) is 9.59 Å². The van der Waals surface area contributed by atoms with Gasteiger partial charge >= 0.3 is 11.9 Å². The molecule has 0 spiro atoms. The highest BCUT2D eigenvalue weighted by atomic mass is 32.1. The first-order chi connectivity index (χ1) is 18.3. The molecule has 200 valence electrons. The number of nitrogens with one attached hydrogen (secondary N) is 3. The predicted molar refractivity (Wildman–Crippen MR) is 146 cm³/mol. The molecule has 38 heavy (non-hydrogen) atoms. The van der Waals surface area contributed by atoms with E-state index in [0.717, 1.165) is 54.1 Å². The Kier molecular flexibility index (Phi) is 8.98. The third kappa shape index (κ3) is 6.70. The number of aromatic carboxylic acids is 1. The van der Waals surface area contributed by atoms with Crippen LogP contribution in [0.4, 0.5) is 5.69 Å². The second kappa shape index (κ2) is 12.6. The van der Waals surface area contributed by atoms with E-state index in [1.807, 2.05) is 54.6 Å². The van der Waals surface area contributed by atoms with E-state index in [-0.39, 0.29) is 22.5 Å². The lowest BCUT2D eigenvalue weighted by Crippen LogP contribution is -2.47. The van der Waals surface area contributed by atoms with Gasteiger partial charge in [-0.05, 0) is 62.0 Å². The van der Waals surface area contributed by atoms with Gasteiger partial charge in [0, 0.05) is 22.7 Å². The van der Waals surface area contributed by atoms with Crippen LogP contribution in [-0.4, -0.2) is 53.8 Å². The van der Waals surface area contributed by atoms with Gasteiger partial charge in [-0.3, -0.25) is 4.79 Å². The summed E-state index contributed by atoms with van der Waals surface area (Å²) in [7, 11) is 0. The normalized spacial score (nSPS) is 14.4. The smallest absolute Gasteiger partial charge is 0.349 e. The molecule has 1 unspecified atom stereocenters. The summed E-state index contributed by atoms with van der Waals surface area (Å²) in [4.78, 5) is 36.8. The zero-order valence-corrected chi connectivity index (χ0v) is 21.8. The van der Waals surface area contributed by atoms with Crippen LogP contribution in [0.15, 0.2) is 54.6 Å². The van der Waals surface area contributed by atoms with Gasteiger partial charge in [0.25, 0.3) is 0 Å². The zero-order valence-electron chi connectivity index (χ0n) is 21.0. The Morgan fingerprint density at radius 2 is 1.82 bits per heavy atom. The van der Waals surface area contributed by atoms with Gasteiger partial charge < -0.3 is 30.9 Å². The molecule has 1 aromatic heterocycles. The average Bonchev–Trinajstić information content (AvgIpc) is 3.26. The summed E-state index contributed by atoms with van der Waals surface area (Å²) in [6, 6.07) is 16.8. The number of rotatable bonds is 11. The molecule has 3 aromatic rings. The minimum atomic E-state index is -1.19. The molecule has 2 aromatic carbocycles. The van der Waals surface area contributed by atoms with Crippen molar-refractivity contribution in [2.75, 3.05) is 25.0 Å². The Morgan fingerprint density at radius 1 is 1.08 bits per heavy atom. The third-order valence-electron chi connectivity index (χ3n) is 6.52. The Hall–Kier alpha value is -3.89. The van der Waals surface area contributed by atoms with Crippen molar-refractivity contribution < 1.29 is 29.3 Å². The van der Waals surface area contributed by atoms with E-state index in [9.17, 15) is 19.5 Å². The Bertz CT molecular complexity index is 1290. The topological polar surface area (TPSA) is 137 Å². The van der Waals surface area contributed by atoms with Gasteiger partial charge in [0.05, 0.1) is 0 Å². The molecule has 1 atom stereocenters. The van der Waals surface area contributed by atoms with Gasteiger partial charge in [0.15, 0.2) is 11.5 Å². The Balaban J connectivity index is 1.58. The first-order valence-electron chi connectivity index (χ1n) is 12.4. The number of aliphatic carboxylic acids is 1. The molecule has 1 aliphatic heterocycles. The lowest BCUT2D eigenvalue weighted by atomic mass is 9.89. The third-order valence-corrected chi connectivity index (χ3v) is 7.83. The first kappa shape index (κ1) is 27.2. The first-order valence-corrected chi connectivity index (χ1v) is 13.3. The van der Waals surface area contributed by atoms with Gasteiger partial charge in [-0.1, -0.05) is 42.5 Å². The van der Waals surface area contributed by atoms with E-state index in [1.165, 1.54) is 0 Å². The highest BCUT2D eigenvalue weighted by Crippen LogP contribution is 2.42. The summed E-state index contributed by atoms with van der Waals surface area (Å²) < 4.78 is 5.32. The molecule has 10 heteroatoms. The van der Waals surface area contributed by atoms with Crippen LogP contribution in [0.2, 0.25) is 0 Å². The lowest BCUT2D eigenvalue weighted by Gasteiger charge is -2.31. The van der Waals surface area contributed by atoms with Gasteiger partial charge in [-0.2, -0.15) is 0 Å². The monoisotopic (exact) mass is 537 g/mol. The van der Waals surface area contributed by atoms with Crippen molar-refractivity contribution >= 4 is 34.9 Å². The molecule has 0 aliphatic carbocycles. The molecule has 0 saturated carbocycles. The fraction of sp³-hybridized carbons (Fsp3) is 0.321. The number of anilines is 1. The van der Waals surface area contributed by atoms with Crippen molar-refractivity contribution in [2.45, 2.75) is 32.4 Å². The highest BCUT2D eigenvalue weighted by Gasteiger charge is 2.30. The van der Waals surface area contributed by atoms with E-state index < -0.39 is 24.6 Å². The highest BCUT2D eigenvalue weighted by molar-refractivity contribution is 7.18. The largest absolute Gasteiger partial charge is 0.480 e. The maximum absolute atomic E-state index is 13.4. The van der Waals surface area contributed by atoms with Gasteiger partial charge in [0.1, 0.15) is 11.8 Å². The van der Waals surface area contributed by atoms with E-state index in [1.54, 1.807) is 6.92 Å². The molecule has 0 bridgehead atoms. The number of amides is 1. The molecule has 9 nitrogen and oxygen atoms in total. The second-order valence-corrected chi connectivity index (χ2v) is 10.2. The molecule has 1 fully saturated rings. The number of thiophene rings is 1. The van der Waals surface area contributed by atoms with Crippen molar-refractivity contribution in [1.29, 1.82) is 0 Å². The average molecular weight is 538 g/mol. The molecular weight excluding hydrogens is 506 g/mol. The van der Waals surface area contributed by atoms with Crippen LogP contribution in [-0.2, 0) is 16.1 Å². The van der Waals surface area contributed by atoms with Crippen LogP contribution >= 0.6 is 11.3 Å². The summed E-state index contributed by atoms with van der Waals surface area (Å²) >= 11 is 1.03. The van der Waals surface area contributed by atoms with E-state index in [4.69, 9.17) is 9.84 Å². The molecular formula is C28H31N3O6S. The maximum atomic E-state index is 13.4. The van der Waals surface area contributed by atoms with Crippen molar-refractivity contribution in [2.24, 2.45) is 5.92 Å². The van der Waals surface area contributed by atoms with Gasteiger partial charge in [0.2, 0.25) is 5.91 Å². The Morgan fingerprint density at radius 3 is 2.50 bits per heavy atom. The number of carbonyl (C=O) groups is 3. The summed E-state index contributed by atoms with van der Waals surface area (Å²) in [5.41, 5.74) is 3.06. The number of hydrogen-bond donors (Lipinski definition) is 5. The molecule has 2 heterocycles. The number of benzene rings is 2. The van der Waals surface area contributed by atoms with E-state index in [2.05, 4.69) is 16.0 Å². The van der Waals surface area contributed by atoms with Crippen LogP contribution in [0.1, 0.15) is 33.6 Å². The predicted octanol–water partition coefficient (Wildman–Crippen LogP) is 3.98. The Labute approximate surface area is 224 Å². The summed E-state index contributed by atoms with van der Waals surface area (Å²) in [5.74, 6) is -2.23. The minimum absolute atomic E-state index is 0.0509. The zero-order chi connectivity index (χ0) is 27.1. The van der Waals surface area contributed by atoms with Crippen molar-refractivity contribution in [1.82, 2.24) is 10.6 Å². The maximum Gasteiger partial charge on any atom is 0.349 e. The van der Waals surface area contributed by atoms with Crippen LogP contribution in [0.5, 0.6) is 5.75 Å². The number of piperidine rings is 1. The minimum Gasteiger partial charge on any atom is -0.480 e. The standard InChI is InChI=1S/C28H31N3O6S/c1-17-24(37-16-22(32)33)26(28(35)36)38-25(17)20-8-5-9-21(14-20)31-23(19-10-12-29-13-11-19)27(34)30-15-18-6-3-2-4-7-18/h2-9,14,19,23,29,31H,10-13,15-16H2,1H3,(H,30,34)(H,32,33)(H,35,36). The lowest BCUT2D eigenvalue weighted by molar-refractivity contribution is -0.139. The van der Waals surface area contributed by atoms with Crippen molar-refractivity contribution in [3.05, 3.63) is 70.6 Å². The van der Waals surface area contributed by atoms with E-state index in [0.29, 0.717) is 17.0 Å². The number of carbonyl (C=O) groups excluding carboxylic acids is 1. The fourth-order valence-corrected chi connectivity index (χ4v) is 5.71. The molecule has 4 rings (SSSR count). The molecule has 5 N–H and O–H groups in total. The van der Waals surface area contributed by atoms with E-state index >= 15 is 0 Å². The molecule has 1 amide bonds. The molecule has 1 aliphatic rings. The SMILES string of the molecule is Cc1c(-c2cccc(NC(C(=O)NCc3ccccc3)C3CCNCC3)c2)sc(C(=O)O)c1OCC(=O)O. The summed E-state index contributed by atoms with van der Waals surface area (Å²) in [5, 5.41) is 28.5. The number of carboxylic acids is 2.